The molecule has 0 saturated carbocycles. The number of nitrogens with one attached hydrogen (secondary N) is 2. The van der Waals surface area contributed by atoms with Gasteiger partial charge in [0, 0.05) is 7.05 Å². The third-order valence-electron chi connectivity index (χ3n) is 1.90. The lowest BCUT2D eigenvalue weighted by Gasteiger charge is -2.10. The lowest BCUT2D eigenvalue weighted by molar-refractivity contribution is 0.593. The van der Waals surface area contributed by atoms with Crippen molar-refractivity contribution < 1.29 is 8.42 Å². The van der Waals surface area contributed by atoms with Crippen LogP contribution >= 0.6 is 0 Å². The van der Waals surface area contributed by atoms with E-state index in [4.69, 9.17) is 0 Å². The third-order valence-corrected chi connectivity index (χ3v) is 3.66. The van der Waals surface area contributed by atoms with E-state index in [1.807, 2.05) is 0 Å². The molecule has 0 fully saturated rings. The summed E-state index contributed by atoms with van der Waals surface area (Å²) in [5.41, 5.74) is 0.475. The molecule has 1 rings (SSSR count). The van der Waals surface area contributed by atoms with E-state index in [9.17, 15) is 8.42 Å². The van der Waals surface area contributed by atoms with Gasteiger partial charge in [-0.05, 0) is 26.0 Å². The van der Waals surface area contributed by atoms with Gasteiger partial charge >= 0.3 is 0 Å². The van der Waals surface area contributed by atoms with Crippen LogP contribution in [0.5, 0.6) is 0 Å². The minimum Gasteiger partial charge on any atom is -0.373 e. The number of hydrogen-bond acceptors (Lipinski definition) is 4. The molecule has 0 bridgehead atoms. The maximum atomic E-state index is 11.5. The third kappa shape index (κ3) is 3.09. The lowest BCUT2D eigenvalue weighted by atomic mass is 10.4. The van der Waals surface area contributed by atoms with Crippen molar-refractivity contribution in [2.24, 2.45) is 0 Å². The van der Waals surface area contributed by atoms with E-state index < -0.39 is 15.3 Å². The van der Waals surface area contributed by atoms with Crippen molar-refractivity contribution in [3.05, 3.63) is 18.3 Å². The predicted molar refractivity (Wildman–Crippen MR) is 61.5 cm³/mol. The molecule has 5 nitrogen and oxygen atoms in total. The molecule has 84 valence electrons. The first-order valence-corrected chi connectivity index (χ1v) is 6.16. The Hall–Kier alpha value is -1.30. The number of rotatable bonds is 4. The Morgan fingerprint density at radius 3 is 2.40 bits per heavy atom. The maximum Gasteiger partial charge on any atom is 0.235 e. The molecular formula is C9H15N3O2S. The first-order chi connectivity index (χ1) is 6.95. The molecule has 0 unspecified atom stereocenters. The molecule has 0 radical (unpaired) electrons. The summed E-state index contributed by atoms with van der Waals surface area (Å²) in [5, 5.41) is 2.39. The van der Waals surface area contributed by atoms with Gasteiger partial charge in [-0.25, -0.2) is 13.4 Å². The summed E-state index contributed by atoms with van der Waals surface area (Å²) in [5.74, 6) is 0.697. The largest absolute Gasteiger partial charge is 0.373 e. The van der Waals surface area contributed by atoms with Gasteiger partial charge in [0.15, 0.2) is 0 Å². The quantitative estimate of drug-likeness (QED) is 0.815. The summed E-state index contributed by atoms with van der Waals surface area (Å²) in [4.78, 5) is 4.00. The summed E-state index contributed by atoms with van der Waals surface area (Å²) < 4.78 is 25.5. The summed E-state index contributed by atoms with van der Waals surface area (Å²) in [6, 6.07) is 3.37. The van der Waals surface area contributed by atoms with Crippen molar-refractivity contribution >= 4 is 21.5 Å². The Morgan fingerprint density at radius 1 is 1.33 bits per heavy atom. The van der Waals surface area contributed by atoms with Crippen LogP contribution in [0.2, 0.25) is 0 Å². The normalized spacial score (nSPS) is 11.5. The van der Waals surface area contributed by atoms with Crippen molar-refractivity contribution in [3.8, 4) is 0 Å². The Balaban J connectivity index is 2.82. The highest BCUT2D eigenvalue weighted by molar-refractivity contribution is 7.93. The van der Waals surface area contributed by atoms with E-state index in [1.54, 1.807) is 33.0 Å². The summed E-state index contributed by atoms with van der Waals surface area (Å²) in [6.45, 7) is 3.25. The number of hydrogen-bond donors (Lipinski definition) is 2. The Labute approximate surface area is 90.0 Å². The Kier molecular flexibility index (Phi) is 3.52. The van der Waals surface area contributed by atoms with Crippen molar-refractivity contribution in [2.45, 2.75) is 19.1 Å². The van der Waals surface area contributed by atoms with Crippen molar-refractivity contribution in [1.82, 2.24) is 4.98 Å². The van der Waals surface area contributed by atoms with Crippen LogP contribution in [0.1, 0.15) is 13.8 Å². The highest BCUT2D eigenvalue weighted by Gasteiger charge is 2.15. The van der Waals surface area contributed by atoms with Gasteiger partial charge in [0.2, 0.25) is 10.0 Å². The summed E-state index contributed by atoms with van der Waals surface area (Å²) in [6.07, 6.45) is 1.48. The molecule has 0 atom stereocenters. The molecule has 1 aromatic rings. The first kappa shape index (κ1) is 11.8. The van der Waals surface area contributed by atoms with Gasteiger partial charge in [-0.2, -0.15) is 0 Å². The van der Waals surface area contributed by atoms with Crippen LogP contribution < -0.4 is 10.0 Å². The number of sulfonamides is 1. The van der Waals surface area contributed by atoms with Crippen LogP contribution in [-0.2, 0) is 10.0 Å². The van der Waals surface area contributed by atoms with Crippen LogP contribution in [0.4, 0.5) is 11.5 Å². The fourth-order valence-corrected chi connectivity index (χ4v) is 1.57. The van der Waals surface area contributed by atoms with E-state index in [2.05, 4.69) is 15.0 Å². The molecule has 0 aliphatic heterocycles. The fourth-order valence-electron chi connectivity index (χ4n) is 0.884. The van der Waals surface area contributed by atoms with E-state index in [0.29, 0.717) is 11.5 Å². The zero-order valence-electron chi connectivity index (χ0n) is 8.98. The molecule has 2 N–H and O–H groups in total. The predicted octanol–water partition coefficient (Wildman–Crippen LogP) is 1.27. The molecule has 1 heterocycles. The number of anilines is 2. The first-order valence-electron chi connectivity index (χ1n) is 4.61. The van der Waals surface area contributed by atoms with Crippen molar-refractivity contribution in [3.63, 3.8) is 0 Å². The molecule has 0 aromatic carbocycles. The van der Waals surface area contributed by atoms with Gasteiger partial charge in [-0.15, -0.1) is 0 Å². The van der Waals surface area contributed by atoms with Gasteiger partial charge in [-0.1, -0.05) is 0 Å². The monoisotopic (exact) mass is 229 g/mol. The minimum absolute atomic E-state index is 0.457. The second-order valence-electron chi connectivity index (χ2n) is 3.38. The van der Waals surface area contributed by atoms with Crippen LogP contribution in [-0.4, -0.2) is 25.7 Å². The zero-order valence-corrected chi connectivity index (χ0v) is 9.80. The van der Waals surface area contributed by atoms with E-state index in [1.165, 1.54) is 6.20 Å². The molecule has 15 heavy (non-hydrogen) atoms. The minimum atomic E-state index is -3.28. The highest BCUT2D eigenvalue weighted by Crippen LogP contribution is 2.12. The topological polar surface area (TPSA) is 71.1 Å². The molecule has 0 aliphatic carbocycles. The van der Waals surface area contributed by atoms with Gasteiger partial charge in [-0.3, -0.25) is 4.72 Å². The second kappa shape index (κ2) is 4.48. The van der Waals surface area contributed by atoms with E-state index in [0.717, 1.165) is 0 Å². The summed E-state index contributed by atoms with van der Waals surface area (Å²) in [7, 11) is -1.53. The van der Waals surface area contributed by atoms with E-state index >= 15 is 0 Å². The number of nitrogens with zero attached hydrogens (tertiary/aromatic N) is 1. The Morgan fingerprint density at radius 2 is 2.00 bits per heavy atom. The average molecular weight is 229 g/mol. The average Bonchev–Trinajstić information content (AvgIpc) is 2.18. The SMILES string of the molecule is CNc1ccc(NS(=O)(=O)C(C)C)cn1. The van der Waals surface area contributed by atoms with Crippen LogP contribution in [0, 0.1) is 0 Å². The molecule has 0 aliphatic rings. The summed E-state index contributed by atoms with van der Waals surface area (Å²) >= 11 is 0. The molecule has 0 amide bonds. The zero-order chi connectivity index (χ0) is 11.5. The molecule has 0 saturated heterocycles. The highest BCUT2D eigenvalue weighted by atomic mass is 32.2. The molecular weight excluding hydrogens is 214 g/mol. The van der Waals surface area contributed by atoms with Gasteiger partial charge in [0.25, 0.3) is 0 Å². The van der Waals surface area contributed by atoms with Crippen molar-refractivity contribution in [2.75, 3.05) is 17.1 Å². The molecule has 0 spiro atoms. The standard InChI is InChI=1S/C9H15N3O2S/c1-7(2)15(13,14)12-8-4-5-9(10-3)11-6-8/h4-7,12H,1-3H3,(H,10,11). The van der Waals surface area contributed by atoms with Crippen LogP contribution in [0.3, 0.4) is 0 Å². The van der Waals surface area contributed by atoms with Crippen LogP contribution in [0.15, 0.2) is 18.3 Å². The fraction of sp³-hybridized carbons (Fsp3) is 0.444. The smallest absolute Gasteiger partial charge is 0.235 e. The number of aromatic nitrogens is 1. The molecule has 1 aromatic heterocycles. The molecule has 6 heteroatoms. The lowest BCUT2D eigenvalue weighted by Crippen LogP contribution is -2.22. The number of pyridine rings is 1. The van der Waals surface area contributed by atoms with Gasteiger partial charge < -0.3 is 5.32 Å². The maximum absolute atomic E-state index is 11.5. The second-order valence-corrected chi connectivity index (χ2v) is 5.61. The van der Waals surface area contributed by atoms with Crippen molar-refractivity contribution in [1.29, 1.82) is 0 Å². The Bertz CT molecular complexity index is 411. The van der Waals surface area contributed by atoms with Gasteiger partial charge in [0.1, 0.15) is 5.82 Å². The van der Waals surface area contributed by atoms with E-state index in [-0.39, 0.29) is 0 Å². The van der Waals surface area contributed by atoms with Gasteiger partial charge in [0.05, 0.1) is 17.1 Å². The van der Waals surface area contributed by atoms with Crippen LogP contribution in [0.25, 0.3) is 0 Å².